The highest BCUT2D eigenvalue weighted by atomic mass is 16.5. The van der Waals surface area contributed by atoms with E-state index in [4.69, 9.17) is 4.74 Å². The topological polar surface area (TPSA) is 95.9 Å². The molecule has 3 N–H and O–H groups in total. The lowest BCUT2D eigenvalue weighted by molar-refractivity contribution is -0.143. The quantitative estimate of drug-likeness (QED) is 0.0321. The molecule has 0 rings (SSSR count). The second-order valence-electron chi connectivity index (χ2n) is 21.0. The summed E-state index contributed by atoms with van der Waals surface area (Å²) in [6.07, 6.45) is 68.1. The van der Waals surface area contributed by atoms with E-state index < -0.39 is 12.1 Å². The van der Waals surface area contributed by atoms with Gasteiger partial charge in [-0.2, -0.15) is 0 Å². The minimum Gasteiger partial charge on any atom is -0.466 e. The molecule has 398 valence electrons. The molecule has 0 aliphatic carbocycles. The Labute approximate surface area is 419 Å². The Bertz CT molecular complexity index is 1000. The molecule has 0 spiro atoms. The number of carbonyl (C=O) groups is 2. The third-order valence-corrected chi connectivity index (χ3v) is 14.3. The van der Waals surface area contributed by atoms with Crippen LogP contribution in [0.4, 0.5) is 0 Å². The highest BCUT2D eigenvalue weighted by Crippen LogP contribution is 2.18. The predicted molar refractivity (Wildman–Crippen MR) is 292 cm³/mol. The highest BCUT2D eigenvalue weighted by Gasteiger charge is 2.18. The number of amides is 1. The summed E-state index contributed by atoms with van der Waals surface area (Å²) in [5, 5.41) is 23.1. The SMILES string of the molecule is CCCCCCCCCCCCCCCC/C=C/C(O)C(CO)NC(=O)CCCCCCCCCCCCCCCCCOC(=O)CCCCCCCCCCCCCCCCCCCCC. The smallest absolute Gasteiger partial charge is 0.305 e. The molecule has 0 aromatic heterocycles. The summed E-state index contributed by atoms with van der Waals surface area (Å²) in [7, 11) is 0. The van der Waals surface area contributed by atoms with Crippen LogP contribution in [0.2, 0.25) is 0 Å². The molecule has 1 amide bonds. The molecule has 0 aliphatic rings. The van der Waals surface area contributed by atoms with E-state index in [-0.39, 0.29) is 18.5 Å². The fourth-order valence-electron chi connectivity index (χ4n) is 9.64. The Morgan fingerprint density at radius 1 is 0.403 bits per heavy atom. The molecule has 0 aromatic rings. The Kier molecular flexibility index (Phi) is 56.0. The summed E-state index contributed by atoms with van der Waals surface area (Å²) in [5.41, 5.74) is 0. The predicted octanol–water partition coefficient (Wildman–Crippen LogP) is 18.9. The maximum Gasteiger partial charge on any atom is 0.305 e. The zero-order chi connectivity index (χ0) is 48.6. The molecule has 0 heterocycles. The van der Waals surface area contributed by atoms with Crippen LogP contribution >= 0.6 is 0 Å². The van der Waals surface area contributed by atoms with Gasteiger partial charge in [0.2, 0.25) is 5.91 Å². The van der Waals surface area contributed by atoms with E-state index in [1.165, 1.54) is 270 Å². The summed E-state index contributed by atoms with van der Waals surface area (Å²) >= 11 is 0. The van der Waals surface area contributed by atoms with Crippen LogP contribution in [0.5, 0.6) is 0 Å². The molecule has 6 nitrogen and oxygen atoms in total. The maximum atomic E-state index is 12.5. The Hall–Kier alpha value is -1.40. The number of aliphatic hydroxyl groups excluding tert-OH is 2. The van der Waals surface area contributed by atoms with Gasteiger partial charge < -0.3 is 20.3 Å². The fraction of sp³-hybridized carbons (Fsp3) is 0.934. The van der Waals surface area contributed by atoms with Crippen LogP contribution in [0.15, 0.2) is 12.2 Å². The van der Waals surface area contributed by atoms with E-state index in [0.29, 0.717) is 19.4 Å². The van der Waals surface area contributed by atoms with Crippen LogP contribution in [-0.4, -0.2) is 47.4 Å². The molecule has 0 radical (unpaired) electrons. The van der Waals surface area contributed by atoms with Crippen molar-refractivity contribution in [3.05, 3.63) is 12.2 Å². The first kappa shape index (κ1) is 65.6. The summed E-state index contributed by atoms with van der Waals surface area (Å²) in [4.78, 5) is 24.6. The van der Waals surface area contributed by atoms with E-state index in [9.17, 15) is 19.8 Å². The van der Waals surface area contributed by atoms with E-state index in [1.807, 2.05) is 6.08 Å². The van der Waals surface area contributed by atoms with Gasteiger partial charge in [0.1, 0.15) is 0 Å². The van der Waals surface area contributed by atoms with Gasteiger partial charge in [0.25, 0.3) is 0 Å². The fourth-order valence-corrected chi connectivity index (χ4v) is 9.64. The molecule has 2 unspecified atom stereocenters. The lowest BCUT2D eigenvalue weighted by atomic mass is 10.0. The van der Waals surface area contributed by atoms with Gasteiger partial charge in [0.05, 0.1) is 25.4 Å². The first-order chi connectivity index (χ1) is 33.0. The molecule has 0 saturated heterocycles. The zero-order valence-electron chi connectivity index (χ0n) is 45.4. The van der Waals surface area contributed by atoms with Gasteiger partial charge in [-0.15, -0.1) is 0 Å². The molecule has 0 bridgehead atoms. The number of nitrogens with one attached hydrogen (secondary N) is 1. The Morgan fingerprint density at radius 3 is 1.01 bits per heavy atom. The monoisotopic (exact) mass is 946 g/mol. The lowest BCUT2D eigenvalue weighted by Crippen LogP contribution is -2.45. The molecular formula is C61H119NO5. The van der Waals surface area contributed by atoms with Gasteiger partial charge in [-0.3, -0.25) is 9.59 Å². The number of hydrogen-bond donors (Lipinski definition) is 3. The van der Waals surface area contributed by atoms with Crippen molar-refractivity contribution in [3.8, 4) is 0 Å². The largest absolute Gasteiger partial charge is 0.466 e. The molecule has 0 fully saturated rings. The zero-order valence-corrected chi connectivity index (χ0v) is 45.4. The highest BCUT2D eigenvalue weighted by molar-refractivity contribution is 5.76. The van der Waals surface area contributed by atoms with Crippen molar-refractivity contribution in [1.29, 1.82) is 0 Å². The minimum absolute atomic E-state index is 0.00504. The molecule has 0 aliphatic heterocycles. The summed E-state index contributed by atoms with van der Waals surface area (Å²) < 4.78 is 5.50. The van der Waals surface area contributed by atoms with Crippen LogP contribution in [0.1, 0.15) is 341 Å². The van der Waals surface area contributed by atoms with E-state index in [1.54, 1.807) is 6.08 Å². The Morgan fingerprint density at radius 2 is 0.687 bits per heavy atom. The van der Waals surface area contributed by atoms with Crippen LogP contribution in [0, 0.1) is 0 Å². The van der Waals surface area contributed by atoms with Crippen molar-refractivity contribution in [2.24, 2.45) is 0 Å². The van der Waals surface area contributed by atoms with Crippen LogP contribution in [-0.2, 0) is 14.3 Å². The normalized spacial score (nSPS) is 12.6. The Balaban J connectivity index is 3.42. The standard InChI is InChI=1S/C61H119NO5/c1-3-5-7-9-11-13-15-17-19-21-22-23-27-31-35-39-43-47-51-55-61(66)67-56-52-48-44-40-36-32-28-24-26-30-34-38-42-46-50-54-60(65)62-58(57-63)59(64)53-49-45-41-37-33-29-25-20-18-16-14-12-10-8-6-4-2/h49,53,58-59,63-64H,3-48,50-52,54-57H2,1-2H3,(H,62,65)/b53-49+. The third-order valence-electron chi connectivity index (χ3n) is 14.3. The van der Waals surface area contributed by atoms with Crippen LogP contribution < -0.4 is 5.32 Å². The van der Waals surface area contributed by atoms with E-state index in [2.05, 4.69) is 19.2 Å². The second kappa shape index (κ2) is 57.2. The van der Waals surface area contributed by atoms with Gasteiger partial charge in [-0.1, -0.05) is 309 Å². The maximum absolute atomic E-state index is 12.5. The van der Waals surface area contributed by atoms with Gasteiger partial charge in [0, 0.05) is 12.8 Å². The number of aliphatic hydroxyl groups is 2. The van der Waals surface area contributed by atoms with Gasteiger partial charge >= 0.3 is 5.97 Å². The minimum atomic E-state index is -0.849. The second-order valence-corrected chi connectivity index (χ2v) is 21.0. The van der Waals surface area contributed by atoms with Gasteiger partial charge in [-0.25, -0.2) is 0 Å². The van der Waals surface area contributed by atoms with Crippen molar-refractivity contribution >= 4 is 11.9 Å². The average Bonchev–Trinajstić information content (AvgIpc) is 3.33. The van der Waals surface area contributed by atoms with Crippen molar-refractivity contribution in [2.75, 3.05) is 13.2 Å². The number of unbranched alkanes of at least 4 members (excludes halogenated alkanes) is 46. The van der Waals surface area contributed by atoms with Crippen molar-refractivity contribution in [2.45, 2.75) is 353 Å². The lowest BCUT2D eigenvalue weighted by Gasteiger charge is -2.20. The van der Waals surface area contributed by atoms with Crippen LogP contribution in [0.25, 0.3) is 0 Å². The first-order valence-corrected chi connectivity index (χ1v) is 30.5. The van der Waals surface area contributed by atoms with Crippen LogP contribution in [0.3, 0.4) is 0 Å². The molecule has 67 heavy (non-hydrogen) atoms. The number of allylic oxidation sites excluding steroid dienone is 1. The molecule has 0 saturated carbocycles. The number of rotatable bonds is 57. The summed E-state index contributed by atoms with van der Waals surface area (Å²) in [6.45, 7) is 4.92. The summed E-state index contributed by atoms with van der Waals surface area (Å²) in [6, 6.07) is -0.633. The number of hydrogen-bond acceptors (Lipinski definition) is 5. The first-order valence-electron chi connectivity index (χ1n) is 30.5. The molecule has 6 heteroatoms. The van der Waals surface area contributed by atoms with Crippen molar-refractivity contribution in [1.82, 2.24) is 5.32 Å². The number of ether oxygens (including phenoxy) is 1. The van der Waals surface area contributed by atoms with Gasteiger partial charge in [0.15, 0.2) is 0 Å². The number of esters is 1. The average molecular weight is 947 g/mol. The molecule has 0 aromatic carbocycles. The molecule has 2 atom stereocenters. The third kappa shape index (κ3) is 53.8. The molecular weight excluding hydrogens is 827 g/mol. The van der Waals surface area contributed by atoms with E-state index in [0.717, 1.165) is 44.9 Å². The number of carbonyl (C=O) groups excluding carboxylic acids is 2. The van der Waals surface area contributed by atoms with Crippen molar-refractivity contribution < 1.29 is 24.5 Å². The van der Waals surface area contributed by atoms with Gasteiger partial charge in [-0.05, 0) is 32.1 Å². The van der Waals surface area contributed by atoms with E-state index >= 15 is 0 Å². The van der Waals surface area contributed by atoms with Crippen molar-refractivity contribution in [3.63, 3.8) is 0 Å². The summed E-state index contributed by atoms with van der Waals surface area (Å²) in [5.74, 6) is -0.0687.